The number of pyridine rings is 1. The molecule has 9 nitrogen and oxygen atoms in total. The van der Waals surface area contributed by atoms with E-state index in [-0.39, 0.29) is 41.0 Å². The minimum atomic E-state index is -4.10. The lowest BCUT2D eigenvalue weighted by Gasteiger charge is -2.25. The molecule has 0 aliphatic carbocycles. The van der Waals surface area contributed by atoms with Crippen molar-refractivity contribution in [3.05, 3.63) is 80.2 Å². The van der Waals surface area contributed by atoms with E-state index in [2.05, 4.69) is 15.0 Å². The Morgan fingerprint density at radius 3 is 2.32 bits per heavy atom. The maximum Gasteiger partial charge on any atom is 0.322 e. The second kappa shape index (κ2) is 13.5. The number of carboxylic acids is 1. The molecule has 3 rings (SSSR count). The lowest BCUT2D eigenvalue weighted by molar-refractivity contribution is -0.138. The normalized spacial score (nSPS) is 12.6. The number of aliphatic carboxylic acids is 1. The summed E-state index contributed by atoms with van der Waals surface area (Å²) in [5.41, 5.74) is 1.06. The van der Waals surface area contributed by atoms with Crippen LogP contribution in [0.3, 0.4) is 0 Å². The average molecular weight is 600 g/mol. The molecule has 38 heavy (non-hydrogen) atoms. The number of aromatic nitrogens is 1. The van der Waals surface area contributed by atoms with Crippen LogP contribution in [0.2, 0.25) is 10.0 Å². The summed E-state index contributed by atoms with van der Waals surface area (Å²) < 4.78 is 30.1. The molecule has 0 fully saturated rings. The predicted octanol–water partition coefficient (Wildman–Crippen LogP) is 5.08. The number of nitrogens with zero attached hydrogens (tertiary/aromatic N) is 2. The highest BCUT2D eigenvalue weighted by Crippen LogP contribution is 2.24. The molecule has 0 aliphatic rings. The summed E-state index contributed by atoms with van der Waals surface area (Å²) in [5, 5.41) is 14.5. The average Bonchev–Trinajstić information content (AvgIpc) is 3.35. The lowest BCUT2D eigenvalue weighted by atomic mass is 10.1. The first kappa shape index (κ1) is 30.0. The molecule has 1 atom stereocenters. The van der Waals surface area contributed by atoms with E-state index in [0.717, 1.165) is 4.88 Å². The van der Waals surface area contributed by atoms with Crippen molar-refractivity contribution in [2.24, 2.45) is 5.92 Å². The van der Waals surface area contributed by atoms with Crippen molar-refractivity contribution in [1.82, 2.24) is 14.0 Å². The number of carbonyl (C=O) groups excluding carboxylic acids is 1. The fraction of sp³-hybridized carbons (Fsp3) is 0.320. The molecule has 0 saturated heterocycles. The number of halogens is 2. The third-order valence-electron chi connectivity index (χ3n) is 5.53. The first-order chi connectivity index (χ1) is 18.0. The maximum atomic E-state index is 13.2. The van der Waals surface area contributed by atoms with Crippen LogP contribution in [0.5, 0.6) is 0 Å². The maximum absolute atomic E-state index is 13.2. The summed E-state index contributed by atoms with van der Waals surface area (Å²) in [5.74, 6) is -1.55. The molecular weight excluding hydrogens is 571 g/mol. The van der Waals surface area contributed by atoms with Gasteiger partial charge >= 0.3 is 5.97 Å². The molecule has 2 heterocycles. The Hall–Kier alpha value is -2.54. The molecule has 204 valence electrons. The van der Waals surface area contributed by atoms with Crippen LogP contribution in [0.25, 0.3) is 0 Å². The second-order valence-corrected chi connectivity index (χ2v) is 12.5. The van der Waals surface area contributed by atoms with Gasteiger partial charge in [-0.05, 0) is 47.9 Å². The zero-order valence-electron chi connectivity index (χ0n) is 20.7. The molecule has 0 aliphatic heterocycles. The molecule has 1 unspecified atom stereocenters. The summed E-state index contributed by atoms with van der Waals surface area (Å²) in [4.78, 5) is 29.2. The van der Waals surface area contributed by atoms with Crippen LogP contribution in [-0.2, 0) is 28.0 Å². The number of benzene rings is 1. The smallest absolute Gasteiger partial charge is 0.322 e. The first-order valence-corrected chi connectivity index (χ1v) is 14.8. The zero-order chi connectivity index (χ0) is 27.9. The zero-order valence-corrected chi connectivity index (χ0v) is 23.9. The van der Waals surface area contributed by atoms with Gasteiger partial charge in [-0.15, -0.1) is 11.3 Å². The lowest BCUT2D eigenvalue weighted by Crippen LogP contribution is -2.49. The van der Waals surface area contributed by atoms with Gasteiger partial charge in [-0.2, -0.15) is 17.4 Å². The van der Waals surface area contributed by atoms with Gasteiger partial charge in [0.15, 0.2) is 0 Å². The number of carboxylic acid groups (broad SMARTS) is 1. The second-order valence-electron chi connectivity index (χ2n) is 8.94. The molecular formula is C25H28Cl2N4O5S2. The summed E-state index contributed by atoms with van der Waals surface area (Å²) in [7, 11) is -4.10. The van der Waals surface area contributed by atoms with Crippen molar-refractivity contribution in [2.45, 2.75) is 39.3 Å². The van der Waals surface area contributed by atoms with Crippen molar-refractivity contribution in [3.8, 4) is 0 Å². The summed E-state index contributed by atoms with van der Waals surface area (Å²) in [6, 6.07) is 8.67. The van der Waals surface area contributed by atoms with Gasteiger partial charge in [0.1, 0.15) is 6.04 Å². The number of amides is 1. The largest absolute Gasteiger partial charge is 0.480 e. The van der Waals surface area contributed by atoms with E-state index in [4.69, 9.17) is 23.2 Å². The van der Waals surface area contributed by atoms with Crippen molar-refractivity contribution in [3.63, 3.8) is 0 Å². The molecule has 0 bridgehead atoms. The quantitative estimate of drug-likeness (QED) is 0.251. The Morgan fingerprint density at radius 1 is 1.11 bits per heavy atom. The fourth-order valence-electron chi connectivity index (χ4n) is 3.48. The standard InChI is InChI=1S/C25H28Cl2N4O5S2/c1-16(2)9-10-31(15-19-4-3-11-37-19)38(35,36)30-22(25(33)34)12-17-5-7-18(8-6-17)29-24(32)23-20(26)13-28-14-21(23)27/h3-8,11,13-14,16,22,30H,9-10,12,15H2,1-2H3,(H,29,32)(H,33,34). The summed E-state index contributed by atoms with van der Waals surface area (Å²) >= 11 is 13.5. The van der Waals surface area contributed by atoms with Gasteiger partial charge in [0, 0.05) is 36.0 Å². The van der Waals surface area contributed by atoms with Crippen LogP contribution in [0, 0.1) is 5.92 Å². The Labute approximate surface area is 236 Å². The molecule has 0 spiro atoms. The van der Waals surface area contributed by atoms with Crippen molar-refractivity contribution in [1.29, 1.82) is 0 Å². The van der Waals surface area contributed by atoms with Crippen molar-refractivity contribution in [2.75, 3.05) is 11.9 Å². The number of anilines is 1. The van der Waals surface area contributed by atoms with Crippen LogP contribution in [0.15, 0.2) is 54.2 Å². The van der Waals surface area contributed by atoms with Crippen LogP contribution < -0.4 is 10.0 Å². The Kier molecular flexibility index (Phi) is 10.7. The SMILES string of the molecule is CC(C)CCN(Cc1cccs1)S(=O)(=O)NC(Cc1ccc(NC(=O)c2c(Cl)cncc2Cl)cc1)C(=O)O. The Bertz CT molecular complexity index is 1330. The molecule has 3 aromatic rings. The highest BCUT2D eigenvalue weighted by atomic mass is 35.5. The molecule has 0 radical (unpaired) electrons. The van der Waals surface area contributed by atoms with E-state index < -0.39 is 28.1 Å². The van der Waals surface area contributed by atoms with Gasteiger partial charge in [-0.25, -0.2) is 0 Å². The number of hydrogen-bond donors (Lipinski definition) is 3. The summed E-state index contributed by atoms with van der Waals surface area (Å²) in [6.07, 6.45) is 3.15. The number of rotatable bonds is 13. The molecule has 2 aromatic heterocycles. The van der Waals surface area contributed by atoms with Gasteiger partial charge in [0.2, 0.25) is 0 Å². The van der Waals surface area contributed by atoms with Gasteiger partial charge in [0.05, 0.1) is 15.6 Å². The van der Waals surface area contributed by atoms with E-state index in [9.17, 15) is 23.1 Å². The van der Waals surface area contributed by atoms with Crippen LogP contribution in [0.4, 0.5) is 5.69 Å². The van der Waals surface area contributed by atoms with Crippen molar-refractivity contribution >= 4 is 62.3 Å². The summed E-state index contributed by atoms with van der Waals surface area (Å²) in [6.45, 7) is 4.41. The third-order valence-corrected chi connectivity index (χ3v) is 8.54. The number of hydrogen-bond acceptors (Lipinski definition) is 6. The van der Waals surface area contributed by atoms with Gasteiger partial charge < -0.3 is 10.4 Å². The van der Waals surface area contributed by atoms with E-state index in [1.807, 2.05) is 31.4 Å². The minimum Gasteiger partial charge on any atom is -0.480 e. The Balaban J connectivity index is 1.70. The van der Waals surface area contributed by atoms with Gasteiger partial charge in [-0.1, -0.05) is 55.2 Å². The first-order valence-electron chi connectivity index (χ1n) is 11.7. The van der Waals surface area contributed by atoms with Gasteiger partial charge in [0.25, 0.3) is 16.1 Å². The fourth-order valence-corrected chi connectivity index (χ4v) is 6.16. The Morgan fingerprint density at radius 2 is 1.76 bits per heavy atom. The van der Waals surface area contributed by atoms with E-state index in [1.165, 1.54) is 28.0 Å². The van der Waals surface area contributed by atoms with Crippen LogP contribution in [0.1, 0.15) is 41.1 Å². The monoisotopic (exact) mass is 598 g/mol. The molecule has 1 amide bonds. The van der Waals surface area contributed by atoms with E-state index in [1.54, 1.807) is 24.3 Å². The highest BCUT2D eigenvalue weighted by molar-refractivity contribution is 7.87. The van der Waals surface area contributed by atoms with Crippen LogP contribution >= 0.6 is 34.5 Å². The van der Waals surface area contributed by atoms with E-state index in [0.29, 0.717) is 17.7 Å². The van der Waals surface area contributed by atoms with Crippen molar-refractivity contribution < 1.29 is 23.1 Å². The minimum absolute atomic E-state index is 0.0809. The number of thiophene rings is 1. The number of carbonyl (C=O) groups is 2. The van der Waals surface area contributed by atoms with E-state index >= 15 is 0 Å². The molecule has 13 heteroatoms. The molecule has 3 N–H and O–H groups in total. The topological polar surface area (TPSA) is 129 Å². The van der Waals surface area contributed by atoms with Crippen LogP contribution in [-0.4, -0.2) is 47.3 Å². The molecule has 0 saturated carbocycles. The number of nitrogens with one attached hydrogen (secondary N) is 2. The third kappa shape index (κ3) is 8.48. The predicted molar refractivity (Wildman–Crippen MR) is 150 cm³/mol. The molecule has 1 aromatic carbocycles. The van der Waals surface area contributed by atoms with Gasteiger partial charge in [-0.3, -0.25) is 14.6 Å². The highest BCUT2D eigenvalue weighted by Gasteiger charge is 2.29.